The van der Waals surface area contributed by atoms with E-state index in [1.807, 2.05) is 0 Å². The smallest absolute Gasteiger partial charge is 0.257 e. The summed E-state index contributed by atoms with van der Waals surface area (Å²) in [6.07, 6.45) is 4.84. The Morgan fingerprint density at radius 1 is 0.958 bits per heavy atom. The van der Waals surface area contributed by atoms with Crippen LogP contribution in [0.15, 0.2) is 42.7 Å². The van der Waals surface area contributed by atoms with Gasteiger partial charge in [-0.3, -0.25) is 19.4 Å². The second-order valence-corrected chi connectivity index (χ2v) is 5.80. The summed E-state index contributed by atoms with van der Waals surface area (Å²) in [5.74, 6) is -0.615. The molecule has 2 amide bonds. The molecule has 1 heterocycles. The molecule has 1 aliphatic rings. The molecule has 0 bridgehead atoms. The van der Waals surface area contributed by atoms with Crippen molar-refractivity contribution in [3.05, 3.63) is 59.4 Å². The van der Waals surface area contributed by atoms with E-state index < -0.39 is 0 Å². The monoisotopic (exact) mass is 323 g/mol. The van der Waals surface area contributed by atoms with Gasteiger partial charge in [0.25, 0.3) is 11.8 Å². The van der Waals surface area contributed by atoms with Crippen molar-refractivity contribution in [2.75, 3.05) is 5.32 Å². The SMILES string of the molecule is CC(=O)c1ccc(NC(=O)c2cncc(C(=O)NC3CC3)c2)cc1. The summed E-state index contributed by atoms with van der Waals surface area (Å²) in [6.45, 7) is 1.48. The van der Waals surface area contributed by atoms with Gasteiger partial charge < -0.3 is 10.6 Å². The first-order valence-corrected chi connectivity index (χ1v) is 7.71. The molecule has 3 rings (SSSR count). The molecule has 122 valence electrons. The van der Waals surface area contributed by atoms with Crippen LogP contribution in [0.2, 0.25) is 0 Å². The quantitative estimate of drug-likeness (QED) is 0.827. The number of hydrogen-bond donors (Lipinski definition) is 2. The largest absolute Gasteiger partial charge is 0.349 e. The number of pyridine rings is 1. The topological polar surface area (TPSA) is 88.2 Å². The Bertz CT molecular complexity index is 795. The fraction of sp³-hybridized carbons (Fsp3) is 0.222. The highest BCUT2D eigenvalue weighted by Crippen LogP contribution is 2.19. The lowest BCUT2D eigenvalue weighted by atomic mass is 10.1. The van der Waals surface area contributed by atoms with Crippen molar-refractivity contribution in [3.63, 3.8) is 0 Å². The van der Waals surface area contributed by atoms with Crippen LogP contribution in [0.4, 0.5) is 5.69 Å². The normalized spacial score (nSPS) is 13.2. The van der Waals surface area contributed by atoms with Crippen LogP contribution in [0.1, 0.15) is 50.8 Å². The number of anilines is 1. The van der Waals surface area contributed by atoms with Crippen LogP contribution in [0.3, 0.4) is 0 Å². The number of nitrogens with zero attached hydrogens (tertiary/aromatic N) is 1. The van der Waals surface area contributed by atoms with Gasteiger partial charge in [-0.05, 0) is 50.1 Å². The van der Waals surface area contributed by atoms with Gasteiger partial charge >= 0.3 is 0 Å². The van der Waals surface area contributed by atoms with Gasteiger partial charge in [-0.2, -0.15) is 0 Å². The predicted octanol–water partition coefficient (Wildman–Crippen LogP) is 2.43. The number of hydrogen-bond acceptors (Lipinski definition) is 4. The van der Waals surface area contributed by atoms with E-state index in [4.69, 9.17) is 0 Å². The summed E-state index contributed by atoms with van der Waals surface area (Å²) in [5, 5.41) is 5.58. The first-order chi connectivity index (χ1) is 11.5. The zero-order valence-electron chi connectivity index (χ0n) is 13.2. The van der Waals surface area contributed by atoms with E-state index in [0.717, 1.165) is 12.8 Å². The van der Waals surface area contributed by atoms with Gasteiger partial charge in [0.1, 0.15) is 0 Å². The zero-order chi connectivity index (χ0) is 17.1. The third kappa shape index (κ3) is 3.84. The van der Waals surface area contributed by atoms with E-state index in [1.54, 1.807) is 24.3 Å². The third-order valence-corrected chi connectivity index (χ3v) is 3.72. The Hall–Kier alpha value is -3.02. The van der Waals surface area contributed by atoms with E-state index in [0.29, 0.717) is 22.4 Å². The van der Waals surface area contributed by atoms with Crippen LogP contribution >= 0.6 is 0 Å². The molecule has 6 heteroatoms. The number of Topliss-reactive ketones (excluding diaryl/α,β-unsaturated/α-hetero) is 1. The Morgan fingerprint density at radius 3 is 2.17 bits per heavy atom. The molecule has 6 nitrogen and oxygen atoms in total. The molecule has 1 aliphatic carbocycles. The maximum Gasteiger partial charge on any atom is 0.257 e. The lowest BCUT2D eigenvalue weighted by Crippen LogP contribution is -2.26. The van der Waals surface area contributed by atoms with Crippen LogP contribution in [0.5, 0.6) is 0 Å². The molecular weight excluding hydrogens is 306 g/mol. The van der Waals surface area contributed by atoms with Gasteiger partial charge in [-0.1, -0.05) is 0 Å². The van der Waals surface area contributed by atoms with Crippen LogP contribution in [0.25, 0.3) is 0 Å². The maximum atomic E-state index is 12.3. The summed E-state index contributed by atoms with van der Waals surface area (Å²) >= 11 is 0. The first-order valence-electron chi connectivity index (χ1n) is 7.71. The molecule has 0 radical (unpaired) electrons. The fourth-order valence-electron chi connectivity index (χ4n) is 2.18. The molecule has 1 aromatic heterocycles. The fourth-order valence-corrected chi connectivity index (χ4v) is 2.18. The first kappa shape index (κ1) is 15.9. The van der Waals surface area contributed by atoms with Crippen molar-refractivity contribution in [3.8, 4) is 0 Å². The summed E-state index contributed by atoms with van der Waals surface area (Å²) in [5.41, 5.74) is 1.81. The van der Waals surface area contributed by atoms with Gasteiger partial charge in [0.2, 0.25) is 0 Å². The summed E-state index contributed by atoms with van der Waals surface area (Å²) in [4.78, 5) is 39.5. The van der Waals surface area contributed by atoms with E-state index in [9.17, 15) is 14.4 Å². The highest BCUT2D eigenvalue weighted by Gasteiger charge is 2.24. The summed E-state index contributed by atoms with van der Waals surface area (Å²) in [7, 11) is 0. The molecule has 0 spiro atoms. The Labute approximate surface area is 139 Å². The number of carbonyl (C=O) groups is 3. The van der Waals surface area contributed by atoms with Crippen molar-refractivity contribution in [1.29, 1.82) is 0 Å². The molecule has 0 atom stereocenters. The average molecular weight is 323 g/mol. The van der Waals surface area contributed by atoms with E-state index in [1.165, 1.54) is 25.4 Å². The van der Waals surface area contributed by atoms with Crippen molar-refractivity contribution < 1.29 is 14.4 Å². The molecule has 24 heavy (non-hydrogen) atoms. The van der Waals surface area contributed by atoms with E-state index in [2.05, 4.69) is 15.6 Å². The molecular formula is C18H17N3O3. The maximum absolute atomic E-state index is 12.3. The molecule has 0 unspecified atom stereocenters. The van der Waals surface area contributed by atoms with Gasteiger partial charge in [0, 0.05) is 29.7 Å². The molecule has 1 aromatic carbocycles. The lowest BCUT2D eigenvalue weighted by molar-refractivity contribution is 0.0949. The summed E-state index contributed by atoms with van der Waals surface area (Å²) in [6, 6.07) is 8.38. The number of nitrogens with one attached hydrogen (secondary N) is 2. The molecule has 0 aliphatic heterocycles. The third-order valence-electron chi connectivity index (χ3n) is 3.72. The minimum Gasteiger partial charge on any atom is -0.349 e. The number of amides is 2. The van der Waals surface area contributed by atoms with Gasteiger partial charge in [0.05, 0.1) is 11.1 Å². The minimum atomic E-state index is -0.362. The zero-order valence-corrected chi connectivity index (χ0v) is 13.2. The minimum absolute atomic E-state index is 0.0357. The number of benzene rings is 1. The molecule has 0 saturated heterocycles. The standard InChI is InChI=1S/C18H17N3O3/c1-11(22)12-2-4-15(5-3-12)20-17(23)13-8-14(10-19-9-13)18(24)21-16-6-7-16/h2-5,8-10,16H,6-7H2,1H3,(H,20,23)(H,21,24). The van der Waals surface area contributed by atoms with Gasteiger partial charge in [-0.15, -0.1) is 0 Å². The number of aromatic nitrogens is 1. The van der Waals surface area contributed by atoms with E-state index in [-0.39, 0.29) is 23.6 Å². The average Bonchev–Trinajstić information content (AvgIpc) is 3.39. The molecule has 1 fully saturated rings. The molecule has 2 N–H and O–H groups in total. The van der Waals surface area contributed by atoms with Crippen molar-refractivity contribution in [2.45, 2.75) is 25.8 Å². The summed E-state index contributed by atoms with van der Waals surface area (Å²) < 4.78 is 0. The second kappa shape index (κ2) is 6.62. The highest BCUT2D eigenvalue weighted by atomic mass is 16.2. The molecule has 2 aromatic rings. The Morgan fingerprint density at radius 2 is 1.58 bits per heavy atom. The van der Waals surface area contributed by atoms with Crippen molar-refractivity contribution in [1.82, 2.24) is 10.3 Å². The highest BCUT2D eigenvalue weighted by molar-refractivity contribution is 6.06. The van der Waals surface area contributed by atoms with Gasteiger partial charge in [0.15, 0.2) is 5.78 Å². The van der Waals surface area contributed by atoms with Crippen LogP contribution < -0.4 is 10.6 Å². The predicted molar refractivity (Wildman–Crippen MR) is 89.1 cm³/mol. The Kier molecular flexibility index (Phi) is 4.37. The van der Waals surface area contributed by atoms with Crippen molar-refractivity contribution in [2.24, 2.45) is 0 Å². The number of carbonyl (C=O) groups excluding carboxylic acids is 3. The second-order valence-electron chi connectivity index (χ2n) is 5.80. The lowest BCUT2D eigenvalue weighted by Gasteiger charge is -2.07. The van der Waals surface area contributed by atoms with Crippen LogP contribution in [-0.2, 0) is 0 Å². The van der Waals surface area contributed by atoms with Gasteiger partial charge in [-0.25, -0.2) is 0 Å². The number of rotatable bonds is 5. The Balaban J connectivity index is 1.70. The van der Waals surface area contributed by atoms with Crippen LogP contribution in [0, 0.1) is 0 Å². The van der Waals surface area contributed by atoms with E-state index >= 15 is 0 Å². The number of ketones is 1. The van der Waals surface area contributed by atoms with Crippen molar-refractivity contribution >= 4 is 23.3 Å². The van der Waals surface area contributed by atoms with Crippen LogP contribution in [-0.4, -0.2) is 28.6 Å². The molecule has 1 saturated carbocycles.